The molecule has 37 heavy (non-hydrogen) atoms. The van der Waals surface area contributed by atoms with Crippen molar-refractivity contribution in [3.63, 3.8) is 0 Å². The summed E-state index contributed by atoms with van der Waals surface area (Å²) in [5.41, 5.74) is 2.81. The van der Waals surface area contributed by atoms with Gasteiger partial charge in [0.15, 0.2) is 6.61 Å². The maximum atomic E-state index is 13.6. The van der Waals surface area contributed by atoms with E-state index in [0.29, 0.717) is 24.6 Å². The highest BCUT2D eigenvalue weighted by Gasteiger charge is 2.30. The van der Waals surface area contributed by atoms with E-state index < -0.39 is 6.04 Å². The van der Waals surface area contributed by atoms with Gasteiger partial charge >= 0.3 is 0 Å². The molecule has 3 aromatic carbocycles. The van der Waals surface area contributed by atoms with E-state index in [2.05, 4.69) is 35.1 Å². The molecule has 1 N–H and O–H groups in total. The molecular formula is C30H34BrFN2O3. The Morgan fingerprint density at radius 2 is 1.70 bits per heavy atom. The summed E-state index contributed by atoms with van der Waals surface area (Å²) >= 11 is 3.54. The van der Waals surface area contributed by atoms with Gasteiger partial charge < -0.3 is 15.0 Å². The number of hydrogen-bond donors (Lipinski definition) is 1. The number of amides is 2. The Morgan fingerprint density at radius 1 is 1.00 bits per heavy atom. The quantitative estimate of drug-likeness (QED) is 0.280. The van der Waals surface area contributed by atoms with Crippen molar-refractivity contribution < 1.29 is 18.7 Å². The van der Waals surface area contributed by atoms with Crippen LogP contribution in [0.3, 0.4) is 0 Å². The van der Waals surface area contributed by atoms with Crippen LogP contribution in [-0.4, -0.2) is 35.9 Å². The Labute approximate surface area is 227 Å². The topological polar surface area (TPSA) is 58.6 Å². The number of ether oxygens (including phenoxy) is 1. The predicted molar refractivity (Wildman–Crippen MR) is 148 cm³/mol. The minimum Gasteiger partial charge on any atom is -0.483 e. The Kier molecular flexibility index (Phi) is 10.7. The Balaban J connectivity index is 1.88. The van der Waals surface area contributed by atoms with Gasteiger partial charge in [-0.2, -0.15) is 0 Å². The lowest BCUT2D eigenvalue weighted by molar-refractivity contribution is -0.142. The average Bonchev–Trinajstić information content (AvgIpc) is 2.90. The molecule has 0 heterocycles. The second-order valence-electron chi connectivity index (χ2n) is 9.28. The van der Waals surface area contributed by atoms with Crippen LogP contribution in [0.5, 0.6) is 5.75 Å². The molecule has 5 nitrogen and oxygen atoms in total. The van der Waals surface area contributed by atoms with Gasteiger partial charge in [-0.1, -0.05) is 69.3 Å². The zero-order chi connectivity index (χ0) is 26.8. The van der Waals surface area contributed by atoms with Crippen LogP contribution >= 0.6 is 15.9 Å². The maximum absolute atomic E-state index is 13.6. The van der Waals surface area contributed by atoms with E-state index in [9.17, 15) is 14.0 Å². The molecule has 7 heteroatoms. The molecule has 0 radical (unpaired) electrons. The highest BCUT2D eigenvalue weighted by atomic mass is 79.9. The molecule has 0 aliphatic rings. The van der Waals surface area contributed by atoms with Crippen LogP contribution in [0.1, 0.15) is 49.8 Å². The number of carbonyl (C=O) groups excluding carboxylic acids is 2. The van der Waals surface area contributed by atoms with Gasteiger partial charge in [-0.25, -0.2) is 4.39 Å². The molecule has 3 aromatic rings. The van der Waals surface area contributed by atoms with E-state index in [1.54, 1.807) is 12.1 Å². The SMILES string of the molecule is CCCNC(=O)C(Cc1ccccc1)N(Cc1ccc(F)cc1)C(=O)COc1ccc(C(C)C)cc1Br. The van der Waals surface area contributed by atoms with Crippen LogP contribution in [-0.2, 0) is 22.6 Å². The summed E-state index contributed by atoms with van der Waals surface area (Å²) in [6.45, 7) is 6.60. The van der Waals surface area contributed by atoms with Crippen molar-refractivity contribution in [2.45, 2.75) is 52.1 Å². The number of halogens is 2. The lowest BCUT2D eigenvalue weighted by Crippen LogP contribution is -2.51. The van der Waals surface area contributed by atoms with Crippen molar-refractivity contribution in [2.75, 3.05) is 13.2 Å². The molecule has 0 aliphatic heterocycles. The first-order valence-corrected chi connectivity index (χ1v) is 13.4. The van der Waals surface area contributed by atoms with Crippen LogP contribution in [0.15, 0.2) is 77.3 Å². The second-order valence-corrected chi connectivity index (χ2v) is 10.1. The Hall–Kier alpha value is -3.19. The van der Waals surface area contributed by atoms with Crippen LogP contribution < -0.4 is 10.1 Å². The summed E-state index contributed by atoms with van der Waals surface area (Å²) < 4.78 is 20.2. The van der Waals surface area contributed by atoms with Gasteiger partial charge in [-0.15, -0.1) is 0 Å². The fourth-order valence-corrected chi connectivity index (χ4v) is 4.43. The molecular weight excluding hydrogens is 535 g/mol. The highest BCUT2D eigenvalue weighted by Crippen LogP contribution is 2.29. The number of rotatable bonds is 12. The van der Waals surface area contributed by atoms with Gasteiger partial charge in [0, 0.05) is 19.5 Å². The van der Waals surface area contributed by atoms with Gasteiger partial charge in [0.2, 0.25) is 5.91 Å². The molecule has 0 aliphatic carbocycles. The van der Waals surface area contributed by atoms with Crippen molar-refractivity contribution in [3.8, 4) is 5.75 Å². The molecule has 1 atom stereocenters. The van der Waals surface area contributed by atoms with E-state index in [1.807, 2.05) is 55.5 Å². The zero-order valence-electron chi connectivity index (χ0n) is 21.5. The summed E-state index contributed by atoms with van der Waals surface area (Å²) in [5, 5.41) is 2.94. The van der Waals surface area contributed by atoms with E-state index in [4.69, 9.17) is 4.74 Å². The highest BCUT2D eigenvalue weighted by molar-refractivity contribution is 9.10. The summed E-state index contributed by atoms with van der Waals surface area (Å²) in [6, 6.07) is 20.6. The molecule has 3 rings (SSSR count). The van der Waals surface area contributed by atoms with Crippen LogP contribution in [0.4, 0.5) is 4.39 Å². The fourth-order valence-electron chi connectivity index (χ4n) is 3.92. The van der Waals surface area contributed by atoms with Crippen molar-refractivity contribution >= 4 is 27.7 Å². The lowest BCUT2D eigenvalue weighted by atomic mass is 10.0. The average molecular weight is 570 g/mol. The first-order valence-electron chi connectivity index (χ1n) is 12.6. The molecule has 0 fully saturated rings. The number of nitrogens with one attached hydrogen (secondary N) is 1. The van der Waals surface area contributed by atoms with Crippen LogP contribution in [0, 0.1) is 5.82 Å². The molecule has 1 unspecified atom stereocenters. The van der Waals surface area contributed by atoms with Gasteiger partial charge in [-0.05, 0) is 69.2 Å². The third-order valence-electron chi connectivity index (χ3n) is 6.06. The minimum atomic E-state index is -0.762. The van der Waals surface area contributed by atoms with Crippen LogP contribution in [0.25, 0.3) is 0 Å². The fraction of sp³-hybridized carbons (Fsp3) is 0.333. The Bertz CT molecular complexity index is 1170. The number of benzene rings is 3. The van der Waals surface area contributed by atoms with E-state index in [0.717, 1.165) is 27.6 Å². The Morgan fingerprint density at radius 3 is 2.32 bits per heavy atom. The standard InChI is InChI=1S/C30H34BrFN2O3/c1-4-16-33-30(36)27(17-22-8-6-5-7-9-22)34(19-23-10-13-25(32)14-11-23)29(35)20-37-28-15-12-24(21(2)3)18-26(28)31/h5-15,18,21,27H,4,16-17,19-20H2,1-3H3,(H,33,36). The van der Waals surface area contributed by atoms with Crippen molar-refractivity contribution in [1.82, 2.24) is 10.2 Å². The third-order valence-corrected chi connectivity index (χ3v) is 6.68. The van der Waals surface area contributed by atoms with Crippen molar-refractivity contribution in [1.29, 1.82) is 0 Å². The van der Waals surface area contributed by atoms with Gasteiger partial charge in [-0.3, -0.25) is 9.59 Å². The molecule has 0 aromatic heterocycles. The first-order chi connectivity index (χ1) is 17.8. The first kappa shape index (κ1) is 28.4. The van der Waals surface area contributed by atoms with E-state index in [-0.39, 0.29) is 30.8 Å². The normalized spacial score (nSPS) is 11.7. The zero-order valence-corrected chi connectivity index (χ0v) is 23.1. The number of carbonyl (C=O) groups is 2. The van der Waals surface area contributed by atoms with Gasteiger partial charge in [0.25, 0.3) is 5.91 Å². The van der Waals surface area contributed by atoms with Crippen molar-refractivity contribution in [3.05, 3.63) is 99.8 Å². The lowest BCUT2D eigenvalue weighted by Gasteiger charge is -2.31. The van der Waals surface area contributed by atoms with Crippen molar-refractivity contribution in [2.24, 2.45) is 0 Å². The number of nitrogens with zero attached hydrogens (tertiary/aromatic N) is 1. The van der Waals surface area contributed by atoms with Gasteiger partial charge in [0.05, 0.1) is 4.47 Å². The number of hydrogen-bond acceptors (Lipinski definition) is 3. The summed E-state index contributed by atoms with van der Waals surface area (Å²) in [5.74, 6) is -0.0189. The van der Waals surface area contributed by atoms with Crippen LogP contribution in [0.2, 0.25) is 0 Å². The molecule has 0 saturated heterocycles. The minimum absolute atomic E-state index is 0.146. The third kappa shape index (κ3) is 8.42. The second kappa shape index (κ2) is 13.9. The monoisotopic (exact) mass is 568 g/mol. The molecule has 196 valence electrons. The molecule has 0 saturated carbocycles. The molecule has 0 bridgehead atoms. The summed E-state index contributed by atoms with van der Waals surface area (Å²) in [4.78, 5) is 28.5. The largest absolute Gasteiger partial charge is 0.483 e. The summed E-state index contributed by atoms with van der Waals surface area (Å²) in [6.07, 6.45) is 1.12. The molecule has 2 amide bonds. The molecule has 0 spiro atoms. The van der Waals surface area contributed by atoms with E-state index >= 15 is 0 Å². The van der Waals surface area contributed by atoms with E-state index in [1.165, 1.54) is 17.0 Å². The smallest absolute Gasteiger partial charge is 0.261 e. The van der Waals surface area contributed by atoms with Gasteiger partial charge in [0.1, 0.15) is 17.6 Å². The predicted octanol–water partition coefficient (Wildman–Crippen LogP) is 6.26. The summed E-state index contributed by atoms with van der Waals surface area (Å²) in [7, 11) is 0. The maximum Gasteiger partial charge on any atom is 0.261 e.